The van der Waals surface area contributed by atoms with Crippen LogP contribution in [0.1, 0.15) is 110 Å². The number of nitrogens with one attached hydrogen (secondary N) is 4. The largest absolute Gasteiger partial charge is 0.393 e. The number of fused-ring (bicyclic) bond motifs is 1. The fraction of sp³-hybridized carbons (Fsp3) is 0.800. The lowest BCUT2D eigenvalue weighted by atomic mass is 9.89. The first-order valence-electron chi connectivity index (χ1n) is 17.9. The smallest absolute Gasteiger partial charge is 0.315 e. The zero-order valence-electron chi connectivity index (χ0n) is 27.8. The Kier molecular flexibility index (Phi) is 18.1. The van der Waals surface area contributed by atoms with Crippen LogP contribution in [0.2, 0.25) is 0 Å². The Hall–Kier alpha value is -2.08. The second kappa shape index (κ2) is 21.7. The van der Waals surface area contributed by atoms with Crippen molar-refractivity contribution in [1.82, 2.24) is 21.3 Å². The lowest BCUT2D eigenvalue weighted by Crippen LogP contribution is -2.36. The molecule has 8 atom stereocenters. The molecule has 0 unspecified atom stereocenters. The van der Waals surface area contributed by atoms with Gasteiger partial charge in [0.25, 0.3) is 0 Å². The zero-order chi connectivity index (χ0) is 33.1. The number of rotatable bonds is 23. The molecule has 1 aliphatic carbocycles. The summed E-state index contributed by atoms with van der Waals surface area (Å²) in [6.45, 7) is 3.44. The van der Waals surface area contributed by atoms with Gasteiger partial charge in [-0.15, -0.1) is 0 Å². The highest BCUT2D eigenvalue weighted by Gasteiger charge is 2.42. The minimum atomic E-state index is -0.595. The van der Waals surface area contributed by atoms with Crippen LogP contribution in [0.4, 0.5) is 4.79 Å². The Labute approximate surface area is 280 Å². The highest BCUT2D eigenvalue weighted by molar-refractivity contribution is 8.00. The third kappa shape index (κ3) is 14.0. The van der Waals surface area contributed by atoms with E-state index in [1.54, 1.807) is 6.08 Å². The number of thioether (sulfide) groups is 1. The van der Waals surface area contributed by atoms with Crippen LogP contribution in [-0.4, -0.2) is 87.7 Å². The molecule has 2 aliphatic heterocycles. The topological polar surface area (TPSA) is 160 Å². The highest BCUT2D eigenvalue weighted by atomic mass is 32.2. The first-order valence-corrected chi connectivity index (χ1v) is 18.9. The van der Waals surface area contributed by atoms with Crippen LogP contribution in [0.3, 0.4) is 0 Å². The van der Waals surface area contributed by atoms with E-state index >= 15 is 0 Å². The van der Waals surface area contributed by atoms with E-state index < -0.39 is 18.3 Å². The average molecular weight is 665 g/mol. The summed E-state index contributed by atoms with van der Waals surface area (Å²) in [6, 6.07) is 0.414. The molecule has 0 aromatic rings. The van der Waals surface area contributed by atoms with Gasteiger partial charge in [0, 0.05) is 49.3 Å². The lowest BCUT2D eigenvalue weighted by molar-refractivity contribution is -0.121. The summed E-state index contributed by atoms with van der Waals surface area (Å²) in [5.41, 5.74) is 0. The van der Waals surface area contributed by atoms with Gasteiger partial charge in [-0.2, -0.15) is 11.8 Å². The number of aliphatic hydroxyl groups excluding tert-OH is 3. The molecule has 2 saturated heterocycles. The molecule has 3 aliphatic rings. The predicted octanol–water partition coefficient (Wildman–Crippen LogP) is 4.09. The van der Waals surface area contributed by atoms with Crippen LogP contribution in [0.25, 0.3) is 0 Å². The number of hydrogen-bond acceptors (Lipinski definition) is 7. The van der Waals surface area contributed by atoms with E-state index in [0.717, 1.165) is 82.8 Å². The molecule has 7 N–H and O–H groups in total. The van der Waals surface area contributed by atoms with Crippen LogP contribution in [0, 0.1) is 11.8 Å². The molecule has 1 saturated carbocycles. The van der Waals surface area contributed by atoms with Gasteiger partial charge in [-0.05, 0) is 63.7 Å². The predicted molar refractivity (Wildman–Crippen MR) is 184 cm³/mol. The number of carbonyl (C=O) groups excluding carboxylic acids is 3. The first kappa shape index (κ1) is 38.4. The van der Waals surface area contributed by atoms with Gasteiger partial charge in [0.15, 0.2) is 0 Å². The van der Waals surface area contributed by atoms with Crippen LogP contribution in [-0.2, 0) is 9.59 Å². The molecule has 11 heteroatoms. The van der Waals surface area contributed by atoms with Crippen molar-refractivity contribution < 1.29 is 29.7 Å². The van der Waals surface area contributed by atoms with E-state index in [1.165, 1.54) is 0 Å². The van der Waals surface area contributed by atoms with Crippen molar-refractivity contribution in [2.45, 2.75) is 145 Å². The van der Waals surface area contributed by atoms with Gasteiger partial charge in [0.1, 0.15) is 0 Å². The molecule has 0 bridgehead atoms. The number of amides is 4. The summed E-state index contributed by atoms with van der Waals surface area (Å²) in [7, 11) is 0. The van der Waals surface area contributed by atoms with E-state index in [9.17, 15) is 29.7 Å². The van der Waals surface area contributed by atoms with Gasteiger partial charge in [0.2, 0.25) is 11.8 Å². The third-order valence-corrected chi connectivity index (χ3v) is 11.0. The van der Waals surface area contributed by atoms with Crippen molar-refractivity contribution in [3.63, 3.8) is 0 Å². The van der Waals surface area contributed by atoms with Crippen LogP contribution < -0.4 is 21.3 Å². The van der Waals surface area contributed by atoms with Crippen molar-refractivity contribution in [1.29, 1.82) is 0 Å². The maximum atomic E-state index is 12.2. The molecule has 0 aromatic heterocycles. The molecule has 0 radical (unpaired) electrons. The van der Waals surface area contributed by atoms with Gasteiger partial charge in [-0.25, -0.2) is 4.79 Å². The fourth-order valence-corrected chi connectivity index (χ4v) is 8.29. The van der Waals surface area contributed by atoms with Gasteiger partial charge in [-0.3, -0.25) is 9.59 Å². The molecule has 0 spiro atoms. The van der Waals surface area contributed by atoms with Crippen LogP contribution >= 0.6 is 11.8 Å². The summed E-state index contributed by atoms with van der Waals surface area (Å²) < 4.78 is 0. The molecule has 4 amide bonds. The molecule has 3 fully saturated rings. The SMILES string of the molecule is CCCCC[C@H](O)/C=C/[C@@H]1[C@@H](C/C=C\CCCC(=O)NCCCCCNC(=O)CCCC[C@H]2SC[C@H]3NC(=O)N[C@@H]32)[C@@H](O)C[C@H]1O. The number of urea groups is 1. The normalized spacial score (nSPS) is 28.0. The minimum absolute atomic E-state index is 0.0526. The third-order valence-electron chi connectivity index (χ3n) is 9.50. The quantitative estimate of drug-likeness (QED) is 0.0492. The second-order valence-electron chi connectivity index (χ2n) is 13.3. The number of carbonyl (C=O) groups is 3. The van der Waals surface area contributed by atoms with Crippen molar-refractivity contribution >= 4 is 29.6 Å². The molecular weight excluding hydrogens is 604 g/mol. The molecule has 262 valence electrons. The summed E-state index contributed by atoms with van der Waals surface area (Å²) in [6.07, 6.45) is 19.2. The van der Waals surface area contributed by atoms with Gasteiger partial charge in [-0.1, -0.05) is 56.9 Å². The first-order chi connectivity index (χ1) is 22.3. The maximum absolute atomic E-state index is 12.2. The highest BCUT2D eigenvalue weighted by Crippen LogP contribution is 2.36. The van der Waals surface area contributed by atoms with E-state index in [-0.39, 0.29) is 41.8 Å². The Bertz CT molecular complexity index is 981. The summed E-state index contributed by atoms with van der Waals surface area (Å²) in [5, 5.41) is 43.4. The number of unbranched alkanes of at least 4 members (excludes halogenated alkanes) is 6. The molecule has 10 nitrogen and oxygen atoms in total. The number of aliphatic hydroxyl groups is 3. The number of hydrogen-bond donors (Lipinski definition) is 7. The Morgan fingerprint density at radius 2 is 1.67 bits per heavy atom. The Morgan fingerprint density at radius 3 is 2.41 bits per heavy atom. The van der Waals surface area contributed by atoms with Gasteiger partial charge >= 0.3 is 6.03 Å². The number of allylic oxidation sites excluding steroid dienone is 2. The molecule has 2 heterocycles. The molecule has 3 rings (SSSR count). The van der Waals surface area contributed by atoms with Crippen molar-refractivity contribution in [2.75, 3.05) is 18.8 Å². The van der Waals surface area contributed by atoms with Crippen LogP contribution in [0.15, 0.2) is 24.3 Å². The Balaban J connectivity index is 1.13. The average Bonchev–Trinajstić information content (AvgIpc) is 3.66. The zero-order valence-corrected chi connectivity index (χ0v) is 28.7. The standard InChI is InChI=1S/C35H60N4O6S/c1-2-3-7-14-25(40)19-20-27-26(29(41)23-30(27)42)15-8-4-5-9-17-32(43)36-21-12-6-13-22-37-33(44)18-11-10-16-31-34-28(24-46-31)38-35(45)39-34/h4,8,19-20,25-31,34,40-42H,2-3,5-7,9-18,21-24H2,1H3,(H,36,43)(H,37,44)(H2,38,39,45)/b8-4-,20-19+/t25-,26+,27+,28+,29-,30+,31+,34-/m0/s1. The van der Waals surface area contributed by atoms with Crippen molar-refractivity contribution in [2.24, 2.45) is 11.8 Å². The summed E-state index contributed by atoms with van der Waals surface area (Å²) >= 11 is 1.91. The minimum Gasteiger partial charge on any atom is -0.393 e. The monoisotopic (exact) mass is 664 g/mol. The van der Waals surface area contributed by atoms with Crippen molar-refractivity contribution in [3.05, 3.63) is 24.3 Å². The van der Waals surface area contributed by atoms with Crippen molar-refractivity contribution in [3.8, 4) is 0 Å². The van der Waals surface area contributed by atoms with E-state index in [1.807, 2.05) is 23.9 Å². The molecule has 46 heavy (non-hydrogen) atoms. The summed E-state index contributed by atoms with van der Waals surface area (Å²) in [4.78, 5) is 35.8. The molecular formula is C35H60N4O6S. The van der Waals surface area contributed by atoms with Gasteiger partial charge < -0.3 is 36.6 Å². The second-order valence-corrected chi connectivity index (χ2v) is 14.6. The summed E-state index contributed by atoms with van der Waals surface area (Å²) in [5.74, 6) is 0.875. The van der Waals surface area contributed by atoms with E-state index in [2.05, 4.69) is 34.3 Å². The van der Waals surface area contributed by atoms with E-state index in [0.29, 0.717) is 44.0 Å². The van der Waals surface area contributed by atoms with Gasteiger partial charge in [0.05, 0.1) is 30.4 Å². The lowest BCUT2D eigenvalue weighted by Gasteiger charge is -2.19. The maximum Gasteiger partial charge on any atom is 0.315 e. The molecule has 0 aromatic carbocycles. The Morgan fingerprint density at radius 1 is 0.935 bits per heavy atom. The van der Waals surface area contributed by atoms with E-state index in [4.69, 9.17) is 0 Å². The fourth-order valence-electron chi connectivity index (χ4n) is 6.75. The van der Waals surface area contributed by atoms with Crippen LogP contribution in [0.5, 0.6) is 0 Å².